The Hall–Kier alpha value is -2.66. The molecule has 3 rings (SSSR count). The minimum absolute atomic E-state index is 0.612. The summed E-state index contributed by atoms with van der Waals surface area (Å²) in [6, 6.07) is 11.6. The van der Waals surface area contributed by atoms with E-state index in [0.29, 0.717) is 12.4 Å². The lowest BCUT2D eigenvalue weighted by Crippen LogP contribution is -2.12. The normalized spacial score (nSPS) is 10.6. The fraction of sp³-hybridized carbons (Fsp3) is 0.176. The quantitative estimate of drug-likeness (QED) is 0.757. The van der Waals surface area contributed by atoms with Crippen molar-refractivity contribution < 1.29 is 9.15 Å². The standard InChI is InChI=1S/C17H17N3O2/c1-21-16-6-4-14(5-7-16)17-20-15(12-22-17)11-19-10-13-3-2-8-18-9-13/h2-9,12,19H,10-11H2,1H3. The summed E-state index contributed by atoms with van der Waals surface area (Å²) in [6.07, 6.45) is 5.29. The first-order valence-electron chi connectivity index (χ1n) is 7.03. The fourth-order valence-electron chi connectivity index (χ4n) is 2.09. The number of hydrogen-bond acceptors (Lipinski definition) is 5. The number of oxazole rings is 1. The maximum absolute atomic E-state index is 5.52. The summed E-state index contributed by atoms with van der Waals surface area (Å²) in [4.78, 5) is 8.57. The molecule has 3 aromatic rings. The molecule has 0 radical (unpaired) electrons. The van der Waals surface area contributed by atoms with E-state index in [1.165, 1.54) is 0 Å². The van der Waals surface area contributed by atoms with E-state index in [1.54, 1.807) is 19.6 Å². The van der Waals surface area contributed by atoms with Crippen LogP contribution < -0.4 is 10.1 Å². The average molecular weight is 295 g/mol. The second-order valence-corrected chi connectivity index (χ2v) is 4.84. The number of benzene rings is 1. The van der Waals surface area contributed by atoms with E-state index < -0.39 is 0 Å². The highest BCUT2D eigenvalue weighted by Gasteiger charge is 2.06. The van der Waals surface area contributed by atoms with Crippen LogP contribution in [0.4, 0.5) is 0 Å². The van der Waals surface area contributed by atoms with Crippen molar-refractivity contribution in [1.29, 1.82) is 0 Å². The number of methoxy groups -OCH3 is 1. The van der Waals surface area contributed by atoms with Gasteiger partial charge < -0.3 is 14.5 Å². The van der Waals surface area contributed by atoms with Crippen molar-refractivity contribution in [3.63, 3.8) is 0 Å². The van der Waals surface area contributed by atoms with Crippen molar-refractivity contribution in [3.05, 3.63) is 66.3 Å². The van der Waals surface area contributed by atoms with Gasteiger partial charge in [-0.1, -0.05) is 6.07 Å². The minimum Gasteiger partial charge on any atom is -0.497 e. The molecule has 0 unspecified atom stereocenters. The topological polar surface area (TPSA) is 60.2 Å². The molecule has 0 bridgehead atoms. The predicted octanol–water partition coefficient (Wildman–Crippen LogP) is 3.04. The van der Waals surface area contributed by atoms with Gasteiger partial charge in [-0.25, -0.2) is 4.98 Å². The molecule has 0 amide bonds. The highest BCUT2D eigenvalue weighted by Crippen LogP contribution is 2.21. The van der Waals surface area contributed by atoms with E-state index in [4.69, 9.17) is 9.15 Å². The second-order valence-electron chi connectivity index (χ2n) is 4.84. The van der Waals surface area contributed by atoms with E-state index in [2.05, 4.69) is 15.3 Å². The Kier molecular flexibility index (Phi) is 4.46. The molecule has 0 saturated carbocycles. The lowest BCUT2D eigenvalue weighted by molar-refractivity contribution is 0.415. The van der Waals surface area contributed by atoms with Gasteiger partial charge in [-0.2, -0.15) is 0 Å². The molecule has 112 valence electrons. The summed E-state index contributed by atoms with van der Waals surface area (Å²) in [5.74, 6) is 1.43. The van der Waals surface area contributed by atoms with Crippen LogP contribution in [-0.4, -0.2) is 17.1 Å². The van der Waals surface area contributed by atoms with Crippen LogP contribution in [0.15, 0.2) is 59.5 Å². The molecule has 1 N–H and O–H groups in total. The van der Waals surface area contributed by atoms with Gasteiger partial charge in [0.25, 0.3) is 0 Å². The number of nitrogens with zero attached hydrogens (tertiary/aromatic N) is 2. The molecule has 0 spiro atoms. The van der Waals surface area contributed by atoms with Gasteiger partial charge in [-0.15, -0.1) is 0 Å². The first-order chi connectivity index (χ1) is 10.8. The minimum atomic E-state index is 0.612. The molecule has 5 nitrogen and oxygen atoms in total. The molecule has 5 heteroatoms. The Morgan fingerprint density at radius 2 is 2.00 bits per heavy atom. The SMILES string of the molecule is COc1ccc(-c2nc(CNCc3cccnc3)co2)cc1. The number of nitrogens with one attached hydrogen (secondary N) is 1. The van der Waals surface area contributed by atoms with Gasteiger partial charge in [0.15, 0.2) is 0 Å². The van der Waals surface area contributed by atoms with Crippen LogP contribution in [0, 0.1) is 0 Å². The van der Waals surface area contributed by atoms with Gasteiger partial charge in [0.2, 0.25) is 5.89 Å². The molecular formula is C17H17N3O2. The van der Waals surface area contributed by atoms with Gasteiger partial charge in [-0.05, 0) is 35.9 Å². The number of hydrogen-bond donors (Lipinski definition) is 1. The summed E-state index contributed by atoms with van der Waals surface area (Å²) in [6.45, 7) is 1.40. The predicted molar refractivity (Wildman–Crippen MR) is 83.3 cm³/mol. The Morgan fingerprint density at radius 1 is 1.14 bits per heavy atom. The van der Waals surface area contributed by atoms with Gasteiger partial charge >= 0.3 is 0 Å². The Bertz CT molecular complexity index is 708. The van der Waals surface area contributed by atoms with Crippen molar-refractivity contribution in [2.24, 2.45) is 0 Å². The molecule has 0 fully saturated rings. The van der Waals surface area contributed by atoms with E-state index in [0.717, 1.165) is 29.1 Å². The Labute approximate surface area is 129 Å². The maximum atomic E-state index is 5.52. The third-order valence-corrected chi connectivity index (χ3v) is 3.25. The van der Waals surface area contributed by atoms with Crippen molar-refractivity contribution in [2.75, 3.05) is 7.11 Å². The summed E-state index contributed by atoms with van der Waals surface area (Å²) in [5.41, 5.74) is 2.94. The van der Waals surface area contributed by atoms with Crippen LogP contribution in [0.3, 0.4) is 0 Å². The molecule has 22 heavy (non-hydrogen) atoms. The lowest BCUT2D eigenvalue weighted by atomic mass is 10.2. The third-order valence-electron chi connectivity index (χ3n) is 3.25. The summed E-state index contributed by atoms with van der Waals surface area (Å²) in [5, 5.41) is 3.32. The number of pyridine rings is 1. The highest BCUT2D eigenvalue weighted by atomic mass is 16.5. The van der Waals surface area contributed by atoms with Crippen LogP contribution in [0.25, 0.3) is 11.5 Å². The van der Waals surface area contributed by atoms with Gasteiger partial charge in [0, 0.05) is 31.0 Å². The fourth-order valence-corrected chi connectivity index (χ4v) is 2.09. The van der Waals surface area contributed by atoms with E-state index in [1.807, 2.05) is 42.6 Å². The molecule has 0 atom stereocenters. The Balaban J connectivity index is 1.58. The first kappa shape index (κ1) is 14.3. The van der Waals surface area contributed by atoms with Crippen LogP contribution in [-0.2, 0) is 13.1 Å². The van der Waals surface area contributed by atoms with Gasteiger partial charge in [-0.3, -0.25) is 4.98 Å². The summed E-state index contributed by atoms with van der Waals surface area (Å²) < 4.78 is 10.7. The molecule has 2 aromatic heterocycles. The maximum Gasteiger partial charge on any atom is 0.226 e. The first-order valence-corrected chi connectivity index (χ1v) is 7.03. The van der Waals surface area contributed by atoms with E-state index in [-0.39, 0.29) is 0 Å². The number of aromatic nitrogens is 2. The van der Waals surface area contributed by atoms with Crippen LogP contribution >= 0.6 is 0 Å². The third kappa shape index (κ3) is 3.51. The zero-order valence-electron chi connectivity index (χ0n) is 12.3. The zero-order valence-corrected chi connectivity index (χ0v) is 12.3. The van der Waals surface area contributed by atoms with Crippen molar-refractivity contribution >= 4 is 0 Å². The van der Waals surface area contributed by atoms with Crippen molar-refractivity contribution in [3.8, 4) is 17.2 Å². The smallest absolute Gasteiger partial charge is 0.226 e. The second kappa shape index (κ2) is 6.87. The van der Waals surface area contributed by atoms with E-state index >= 15 is 0 Å². The monoisotopic (exact) mass is 295 g/mol. The highest BCUT2D eigenvalue weighted by molar-refractivity contribution is 5.54. The van der Waals surface area contributed by atoms with Crippen molar-refractivity contribution in [2.45, 2.75) is 13.1 Å². The van der Waals surface area contributed by atoms with Gasteiger partial charge in [0.1, 0.15) is 12.0 Å². The van der Waals surface area contributed by atoms with Gasteiger partial charge in [0.05, 0.1) is 12.8 Å². The number of rotatable bonds is 6. The van der Waals surface area contributed by atoms with Crippen molar-refractivity contribution in [1.82, 2.24) is 15.3 Å². The molecule has 0 aliphatic rings. The molecule has 0 aliphatic carbocycles. The summed E-state index contributed by atoms with van der Waals surface area (Å²) in [7, 11) is 1.65. The van der Waals surface area contributed by atoms with E-state index in [9.17, 15) is 0 Å². The average Bonchev–Trinajstić information content (AvgIpc) is 3.05. The molecule has 0 saturated heterocycles. The zero-order chi connectivity index (χ0) is 15.2. The molecule has 2 heterocycles. The number of ether oxygens (including phenoxy) is 1. The van der Waals surface area contributed by atoms with Crippen LogP contribution in [0.1, 0.15) is 11.3 Å². The Morgan fingerprint density at radius 3 is 2.73 bits per heavy atom. The molecule has 0 aliphatic heterocycles. The van der Waals surface area contributed by atoms with Crippen LogP contribution in [0.5, 0.6) is 5.75 Å². The molecule has 1 aromatic carbocycles. The molecular weight excluding hydrogens is 278 g/mol. The summed E-state index contributed by atoms with van der Waals surface area (Å²) >= 11 is 0. The lowest BCUT2D eigenvalue weighted by Gasteiger charge is -2.01. The largest absolute Gasteiger partial charge is 0.497 e. The van der Waals surface area contributed by atoms with Crippen LogP contribution in [0.2, 0.25) is 0 Å².